The van der Waals surface area contributed by atoms with E-state index < -0.39 is 0 Å². The van der Waals surface area contributed by atoms with Gasteiger partial charge in [-0.1, -0.05) is 18.2 Å². The highest BCUT2D eigenvalue weighted by molar-refractivity contribution is 8.12. The molecular weight excluding hydrogens is 258 g/mol. The second-order valence-electron chi connectivity index (χ2n) is 4.59. The van der Waals surface area contributed by atoms with Crippen LogP contribution in [-0.2, 0) is 0 Å². The van der Waals surface area contributed by atoms with E-state index in [-0.39, 0.29) is 0 Å². The van der Waals surface area contributed by atoms with Gasteiger partial charge in [0.1, 0.15) is 0 Å². The first-order chi connectivity index (χ1) is 9.06. The quantitative estimate of drug-likeness (QED) is 0.447. The number of aliphatic imine (C=N–C) groups is 2. The second kappa shape index (κ2) is 6.08. The molecule has 0 bridgehead atoms. The maximum absolute atomic E-state index is 4.64. The van der Waals surface area contributed by atoms with Crippen molar-refractivity contribution in [2.24, 2.45) is 9.98 Å². The van der Waals surface area contributed by atoms with Gasteiger partial charge in [0.05, 0.1) is 12.4 Å². The third kappa shape index (κ3) is 3.71. The SMILES string of the molecule is CN1CN(C)C(=NC(=Nc2ccccc2)N(C)C)S1. The first-order valence-electron chi connectivity index (χ1n) is 6.06. The van der Waals surface area contributed by atoms with E-state index in [1.54, 1.807) is 11.9 Å². The number of benzene rings is 1. The fourth-order valence-corrected chi connectivity index (χ4v) is 2.46. The van der Waals surface area contributed by atoms with Gasteiger partial charge in [0.15, 0.2) is 5.17 Å². The molecule has 6 heteroatoms. The van der Waals surface area contributed by atoms with Crippen molar-refractivity contribution in [3.63, 3.8) is 0 Å². The van der Waals surface area contributed by atoms with Gasteiger partial charge in [0.25, 0.3) is 0 Å². The molecule has 1 saturated heterocycles. The molecule has 1 aliphatic rings. The van der Waals surface area contributed by atoms with Crippen molar-refractivity contribution in [3.8, 4) is 0 Å². The predicted octanol–water partition coefficient (Wildman–Crippen LogP) is 2.07. The Balaban J connectivity index is 2.27. The standard InChI is InChI=1S/C13H19N5S/c1-16(2)12(14-11-8-6-5-7-9-11)15-13-17(3)10-18(4)19-13/h5-9H,10H2,1-4H3. The van der Waals surface area contributed by atoms with Crippen molar-refractivity contribution < 1.29 is 0 Å². The van der Waals surface area contributed by atoms with E-state index in [1.165, 1.54) is 0 Å². The van der Waals surface area contributed by atoms with Crippen LogP contribution in [0.25, 0.3) is 0 Å². The van der Waals surface area contributed by atoms with Crippen LogP contribution in [0.3, 0.4) is 0 Å². The van der Waals surface area contributed by atoms with Crippen LogP contribution >= 0.6 is 11.9 Å². The first-order valence-corrected chi connectivity index (χ1v) is 6.83. The highest BCUT2D eigenvalue weighted by Gasteiger charge is 2.21. The Labute approximate surface area is 118 Å². The van der Waals surface area contributed by atoms with Crippen LogP contribution in [0.4, 0.5) is 5.69 Å². The molecule has 19 heavy (non-hydrogen) atoms. The maximum Gasteiger partial charge on any atom is 0.227 e. The Morgan fingerprint density at radius 1 is 1.21 bits per heavy atom. The van der Waals surface area contributed by atoms with E-state index in [2.05, 4.69) is 19.2 Å². The summed E-state index contributed by atoms with van der Waals surface area (Å²) in [4.78, 5) is 13.2. The molecule has 0 aliphatic carbocycles. The number of amidine groups is 1. The van der Waals surface area contributed by atoms with Gasteiger partial charge in [-0.15, -0.1) is 0 Å². The van der Waals surface area contributed by atoms with Crippen LogP contribution in [0.5, 0.6) is 0 Å². The molecule has 0 N–H and O–H groups in total. The van der Waals surface area contributed by atoms with Gasteiger partial charge >= 0.3 is 0 Å². The van der Waals surface area contributed by atoms with Crippen LogP contribution < -0.4 is 0 Å². The molecule has 1 aromatic carbocycles. The van der Waals surface area contributed by atoms with Crippen LogP contribution in [0, 0.1) is 0 Å². The predicted molar refractivity (Wildman–Crippen MR) is 82.6 cm³/mol. The molecule has 1 heterocycles. The van der Waals surface area contributed by atoms with Gasteiger partial charge < -0.3 is 9.80 Å². The number of rotatable bonds is 1. The zero-order valence-electron chi connectivity index (χ0n) is 11.7. The lowest BCUT2D eigenvalue weighted by molar-refractivity contribution is 0.402. The fourth-order valence-electron chi connectivity index (χ4n) is 1.63. The summed E-state index contributed by atoms with van der Waals surface area (Å²) in [6, 6.07) is 9.88. The molecule has 102 valence electrons. The van der Waals surface area contributed by atoms with Gasteiger partial charge in [0.2, 0.25) is 5.96 Å². The molecule has 0 atom stereocenters. The number of para-hydroxylation sites is 1. The lowest BCUT2D eigenvalue weighted by Gasteiger charge is -2.14. The topological polar surface area (TPSA) is 34.4 Å². The molecule has 0 amide bonds. The summed E-state index contributed by atoms with van der Waals surface area (Å²) in [5.41, 5.74) is 0.912. The summed E-state index contributed by atoms with van der Waals surface area (Å²) in [5.74, 6) is 0.704. The molecule has 5 nitrogen and oxygen atoms in total. The summed E-state index contributed by atoms with van der Waals surface area (Å²) in [5, 5.41) is 0.964. The number of hydrogen-bond donors (Lipinski definition) is 0. The van der Waals surface area contributed by atoms with Crippen LogP contribution in [0.15, 0.2) is 40.3 Å². The number of guanidine groups is 1. The monoisotopic (exact) mass is 277 g/mol. The van der Waals surface area contributed by atoms with Crippen LogP contribution in [0.1, 0.15) is 0 Å². The first kappa shape index (κ1) is 13.9. The Hall–Kier alpha value is -1.53. The summed E-state index contributed by atoms with van der Waals surface area (Å²) in [6.45, 7) is 0.871. The molecule has 1 fully saturated rings. The van der Waals surface area contributed by atoms with E-state index in [0.717, 1.165) is 17.5 Å². The summed E-state index contributed by atoms with van der Waals surface area (Å²) < 4.78 is 2.13. The van der Waals surface area contributed by atoms with Crippen molar-refractivity contribution >= 4 is 28.8 Å². The summed E-state index contributed by atoms with van der Waals surface area (Å²) in [7, 11) is 7.99. The normalized spacial score (nSPS) is 19.3. The van der Waals surface area contributed by atoms with Gasteiger partial charge in [-0.2, -0.15) is 4.99 Å². The molecule has 0 aromatic heterocycles. The van der Waals surface area contributed by atoms with Gasteiger partial charge in [-0.25, -0.2) is 9.30 Å². The zero-order chi connectivity index (χ0) is 13.8. The summed E-state index contributed by atoms with van der Waals surface area (Å²) >= 11 is 1.63. The van der Waals surface area contributed by atoms with Gasteiger partial charge in [-0.05, 0) is 31.1 Å². The lowest BCUT2D eigenvalue weighted by Crippen LogP contribution is -2.25. The van der Waals surface area contributed by atoms with E-state index in [1.807, 2.05) is 63.4 Å². The minimum atomic E-state index is 0.704. The molecule has 0 saturated carbocycles. The van der Waals surface area contributed by atoms with E-state index in [0.29, 0.717) is 5.96 Å². The largest absolute Gasteiger partial charge is 0.347 e. The summed E-state index contributed by atoms with van der Waals surface area (Å²) in [6.07, 6.45) is 0. The Kier molecular flexibility index (Phi) is 4.44. The van der Waals surface area contributed by atoms with Crippen LogP contribution in [-0.4, -0.2) is 60.1 Å². The second-order valence-corrected chi connectivity index (χ2v) is 5.77. The van der Waals surface area contributed by atoms with Crippen molar-refractivity contribution in [1.29, 1.82) is 0 Å². The molecule has 2 rings (SSSR count). The smallest absolute Gasteiger partial charge is 0.227 e. The third-order valence-corrected chi connectivity index (χ3v) is 3.55. The van der Waals surface area contributed by atoms with E-state index in [9.17, 15) is 0 Å². The number of hydrogen-bond acceptors (Lipinski definition) is 3. The minimum absolute atomic E-state index is 0.704. The van der Waals surface area contributed by atoms with Crippen molar-refractivity contribution in [2.45, 2.75) is 0 Å². The average Bonchev–Trinajstić information content (AvgIpc) is 2.68. The lowest BCUT2D eigenvalue weighted by atomic mass is 10.3. The molecule has 1 aromatic rings. The Morgan fingerprint density at radius 2 is 1.89 bits per heavy atom. The zero-order valence-corrected chi connectivity index (χ0v) is 12.6. The van der Waals surface area contributed by atoms with E-state index >= 15 is 0 Å². The van der Waals surface area contributed by atoms with Crippen molar-refractivity contribution in [3.05, 3.63) is 30.3 Å². The molecule has 0 unspecified atom stereocenters. The molecule has 1 aliphatic heterocycles. The van der Waals surface area contributed by atoms with Crippen molar-refractivity contribution in [2.75, 3.05) is 34.9 Å². The molecule has 0 spiro atoms. The van der Waals surface area contributed by atoms with Crippen molar-refractivity contribution in [1.82, 2.24) is 14.1 Å². The van der Waals surface area contributed by atoms with Gasteiger partial charge in [-0.3, -0.25) is 0 Å². The fraction of sp³-hybridized carbons (Fsp3) is 0.385. The highest BCUT2D eigenvalue weighted by Crippen LogP contribution is 2.21. The Bertz CT molecular complexity index is 483. The maximum atomic E-state index is 4.64. The average molecular weight is 277 g/mol. The molecular formula is C13H19N5S. The third-order valence-electron chi connectivity index (χ3n) is 2.56. The molecule has 0 radical (unpaired) electrons. The highest BCUT2D eigenvalue weighted by atomic mass is 32.2. The minimum Gasteiger partial charge on any atom is -0.347 e. The Morgan fingerprint density at radius 3 is 2.42 bits per heavy atom. The van der Waals surface area contributed by atoms with E-state index in [4.69, 9.17) is 0 Å². The van der Waals surface area contributed by atoms with Crippen LogP contribution in [0.2, 0.25) is 0 Å². The van der Waals surface area contributed by atoms with Gasteiger partial charge in [0, 0.05) is 21.1 Å². The number of nitrogens with zero attached hydrogens (tertiary/aromatic N) is 5.